The monoisotopic (exact) mass is 212 g/mol. The SMILES string of the molecule is CC(C(=O)O)C(=O)NCCn1ccnn1. The molecular formula is C8H12N4O3. The zero-order valence-electron chi connectivity index (χ0n) is 8.25. The third-order valence-corrected chi connectivity index (χ3v) is 1.88. The van der Waals surface area contributed by atoms with Gasteiger partial charge in [0.15, 0.2) is 0 Å². The highest BCUT2D eigenvalue weighted by molar-refractivity contribution is 5.96. The van der Waals surface area contributed by atoms with Gasteiger partial charge in [0.1, 0.15) is 5.92 Å². The van der Waals surface area contributed by atoms with Gasteiger partial charge in [-0.2, -0.15) is 0 Å². The first-order chi connectivity index (χ1) is 7.11. The van der Waals surface area contributed by atoms with Crippen LogP contribution in [0.5, 0.6) is 0 Å². The number of carboxylic acids is 1. The zero-order valence-corrected chi connectivity index (χ0v) is 8.25. The van der Waals surface area contributed by atoms with Crippen molar-refractivity contribution >= 4 is 11.9 Å². The molecule has 0 saturated carbocycles. The number of carboxylic acid groups (broad SMARTS) is 1. The molecule has 0 spiro atoms. The molecule has 1 unspecified atom stereocenters. The van der Waals surface area contributed by atoms with Crippen molar-refractivity contribution in [1.82, 2.24) is 20.3 Å². The van der Waals surface area contributed by atoms with Crippen LogP contribution in [-0.2, 0) is 16.1 Å². The molecule has 0 aromatic carbocycles. The summed E-state index contributed by atoms with van der Waals surface area (Å²) < 4.78 is 1.55. The predicted octanol–water partition coefficient (Wildman–Crippen LogP) is -0.885. The van der Waals surface area contributed by atoms with Crippen LogP contribution in [0, 0.1) is 5.92 Å². The molecule has 1 heterocycles. The van der Waals surface area contributed by atoms with E-state index >= 15 is 0 Å². The van der Waals surface area contributed by atoms with E-state index in [4.69, 9.17) is 5.11 Å². The van der Waals surface area contributed by atoms with Gasteiger partial charge in [-0.3, -0.25) is 14.3 Å². The average Bonchev–Trinajstić information content (AvgIpc) is 2.69. The lowest BCUT2D eigenvalue weighted by atomic mass is 10.2. The van der Waals surface area contributed by atoms with Crippen molar-refractivity contribution in [3.05, 3.63) is 12.4 Å². The van der Waals surface area contributed by atoms with Crippen LogP contribution < -0.4 is 5.32 Å². The van der Waals surface area contributed by atoms with Gasteiger partial charge in [-0.05, 0) is 6.92 Å². The van der Waals surface area contributed by atoms with Crippen LogP contribution in [0.1, 0.15) is 6.92 Å². The molecule has 1 rings (SSSR count). The van der Waals surface area contributed by atoms with Crippen molar-refractivity contribution in [3.8, 4) is 0 Å². The lowest BCUT2D eigenvalue weighted by Crippen LogP contribution is -2.35. The van der Waals surface area contributed by atoms with Crippen molar-refractivity contribution in [2.45, 2.75) is 13.5 Å². The summed E-state index contributed by atoms with van der Waals surface area (Å²) in [6.07, 6.45) is 3.19. The number of carbonyl (C=O) groups is 2. The minimum Gasteiger partial charge on any atom is -0.481 e. The number of nitrogens with one attached hydrogen (secondary N) is 1. The lowest BCUT2D eigenvalue weighted by molar-refractivity contribution is -0.146. The van der Waals surface area contributed by atoms with E-state index in [-0.39, 0.29) is 0 Å². The second kappa shape index (κ2) is 5.08. The normalized spacial score (nSPS) is 12.1. The highest BCUT2D eigenvalue weighted by Gasteiger charge is 2.19. The van der Waals surface area contributed by atoms with E-state index in [1.807, 2.05) is 0 Å². The number of carbonyl (C=O) groups excluding carboxylic acids is 1. The summed E-state index contributed by atoms with van der Waals surface area (Å²) in [6.45, 7) is 2.14. The summed E-state index contributed by atoms with van der Waals surface area (Å²) in [4.78, 5) is 21.6. The Hall–Kier alpha value is -1.92. The molecule has 15 heavy (non-hydrogen) atoms. The van der Waals surface area contributed by atoms with Crippen molar-refractivity contribution in [2.75, 3.05) is 6.54 Å². The standard InChI is InChI=1S/C8H12N4O3/c1-6(8(14)15)7(13)9-2-4-12-5-3-10-11-12/h3,5-6H,2,4H2,1H3,(H,9,13)(H,14,15). The van der Waals surface area contributed by atoms with Crippen LogP contribution in [0.2, 0.25) is 0 Å². The lowest BCUT2D eigenvalue weighted by Gasteiger charge is -2.07. The van der Waals surface area contributed by atoms with Crippen LogP contribution in [0.25, 0.3) is 0 Å². The maximum atomic E-state index is 11.2. The first-order valence-corrected chi connectivity index (χ1v) is 4.46. The first kappa shape index (κ1) is 11.2. The molecule has 1 atom stereocenters. The Labute approximate surface area is 86.1 Å². The highest BCUT2D eigenvalue weighted by atomic mass is 16.4. The van der Waals surface area contributed by atoms with Gasteiger partial charge < -0.3 is 10.4 Å². The maximum Gasteiger partial charge on any atom is 0.315 e. The summed E-state index contributed by atoms with van der Waals surface area (Å²) in [7, 11) is 0. The second-order valence-corrected chi connectivity index (χ2v) is 3.02. The van der Waals surface area contributed by atoms with E-state index in [9.17, 15) is 9.59 Å². The van der Waals surface area contributed by atoms with Crippen molar-refractivity contribution in [1.29, 1.82) is 0 Å². The maximum absolute atomic E-state index is 11.2. The first-order valence-electron chi connectivity index (χ1n) is 4.46. The van der Waals surface area contributed by atoms with Crippen molar-refractivity contribution in [2.24, 2.45) is 5.92 Å². The average molecular weight is 212 g/mol. The number of aromatic nitrogens is 3. The number of aliphatic carboxylic acids is 1. The second-order valence-electron chi connectivity index (χ2n) is 3.02. The summed E-state index contributed by atoms with van der Waals surface area (Å²) in [5.41, 5.74) is 0. The molecule has 82 valence electrons. The summed E-state index contributed by atoms with van der Waals surface area (Å²) in [5, 5.41) is 18.3. The van der Waals surface area contributed by atoms with Crippen molar-refractivity contribution in [3.63, 3.8) is 0 Å². The van der Waals surface area contributed by atoms with Gasteiger partial charge in [0.2, 0.25) is 5.91 Å². The fraction of sp³-hybridized carbons (Fsp3) is 0.500. The molecule has 7 heteroatoms. The van der Waals surface area contributed by atoms with Crippen LogP contribution in [-0.4, -0.2) is 38.5 Å². The van der Waals surface area contributed by atoms with Gasteiger partial charge >= 0.3 is 5.97 Å². The molecule has 0 aliphatic carbocycles. The van der Waals surface area contributed by atoms with Gasteiger partial charge in [0.05, 0.1) is 12.7 Å². The van der Waals surface area contributed by atoms with Crippen LogP contribution in [0.4, 0.5) is 0 Å². The van der Waals surface area contributed by atoms with Crippen LogP contribution >= 0.6 is 0 Å². The molecule has 0 saturated heterocycles. The summed E-state index contributed by atoms with van der Waals surface area (Å²) >= 11 is 0. The number of rotatable bonds is 5. The van der Waals surface area contributed by atoms with Gasteiger partial charge in [0.25, 0.3) is 0 Å². The topological polar surface area (TPSA) is 97.1 Å². The Kier molecular flexibility index (Phi) is 3.78. The van der Waals surface area contributed by atoms with Gasteiger partial charge in [0, 0.05) is 12.7 Å². The Morgan fingerprint density at radius 1 is 1.60 bits per heavy atom. The molecule has 1 aromatic heterocycles. The fourth-order valence-corrected chi connectivity index (χ4v) is 0.911. The largest absolute Gasteiger partial charge is 0.481 e. The number of hydrogen-bond acceptors (Lipinski definition) is 4. The summed E-state index contributed by atoms with van der Waals surface area (Å²) in [6, 6.07) is 0. The van der Waals surface area contributed by atoms with Gasteiger partial charge in [-0.25, -0.2) is 0 Å². The molecule has 0 bridgehead atoms. The summed E-state index contributed by atoms with van der Waals surface area (Å²) in [5.74, 6) is -2.66. The third kappa shape index (κ3) is 3.37. The Morgan fingerprint density at radius 3 is 2.87 bits per heavy atom. The number of amides is 1. The Morgan fingerprint density at radius 2 is 2.33 bits per heavy atom. The molecule has 0 aliphatic heterocycles. The zero-order chi connectivity index (χ0) is 11.3. The van der Waals surface area contributed by atoms with Crippen LogP contribution in [0.3, 0.4) is 0 Å². The molecule has 2 N–H and O–H groups in total. The molecule has 7 nitrogen and oxygen atoms in total. The van der Waals surface area contributed by atoms with E-state index in [2.05, 4.69) is 15.6 Å². The van der Waals surface area contributed by atoms with E-state index < -0.39 is 17.8 Å². The molecule has 0 fully saturated rings. The fourth-order valence-electron chi connectivity index (χ4n) is 0.911. The number of hydrogen-bond donors (Lipinski definition) is 2. The van der Waals surface area contributed by atoms with E-state index in [0.717, 1.165) is 0 Å². The van der Waals surface area contributed by atoms with Gasteiger partial charge in [-0.15, -0.1) is 5.10 Å². The Bertz CT molecular complexity index is 336. The minimum absolute atomic E-state index is 0.333. The van der Waals surface area contributed by atoms with Gasteiger partial charge in [-0.1, -0.05) is 5.21 Å². The Balaban J connectivity index is 2.26. The molecule has 0 radical (unpaired) electrons. The quantitative estimate of drug-likeness (QED) is 0.617. The van der Waals surface area contributed by atoms with E-state index in [1.54, 1.807) is 10.9 Å². The van der Waals surface area contributed by atoms with E-state index in [1.165, 1.54) is 13.1 Å². The minimum atomic E-state index is -1.13. The van der Waals surface area contributed by atoms with Crippen molar-refractivity contribution < 1.29 is 14.7 Å². The molecule has 1 amide bonds. The smallest absolute Gasteiger partial charge is 0.315 e. The third-order valence-electron chi connectivity index (χ3n) is 1.88. The van der Waals surface area contributed by atoms with E-state index in [0.29, 0.717) is 13.1 Å². The predicted molar refractivity (Wildman–Crippen MR) is 49.8 cm³/mol. The van der Waals surface area contributed by atoms with Crippen LogP contribution in [0.15, 0.2) is 12.4 Å². The number of nitrogens with zero attached hydrogens (tertiary/aromatic N) is 3. The highest BCUT2D eigenvalue weighted by Crippen LogP contribution is 1.93. The molecule has 1 aromatic rings. The molecular weight excluding hydrogens is 200 g/mol. The molecule has 0 aliphatic rings.